The van der Waals surface area contributed by atoms with Crippen LogP contribution in [0.15, 0.2) is 64.8 Å². The van der Waals surface area contributed by atoms with Crippen LogP contribution in [0, 0.1) is 21.4 Å². The van der Waals surface area contributed by atoms with Gasteiger partial charge in [-0.15, -0.1) is 10.2 Å². The van der Waals surface area contributed by atoms with Crippen LogP contribution in [0.2, 0.25) is 5.02 Å². The number of nitrogens with zero attached hydrogens (tertiary/aromatic N) is 4. The molecule has 0 aliphatic rings. The monoisotopic (exact) mass is 336 g/mol. The lowest BCUT2D eigenvalue weighted by atomic mass is 10.1. The molecule has 0 aliphatic carbocycles. The van der Waals surface area contributed by atoms with Crippen molar-refractivity contribution in [1.29, 1.82) is 5.26 Å². The molecule has 0 radical (unpaired) electrons. The molecule has 0 fully saturated rings. The van der Waals surface area contributed by atoms with E-state index in [9.17, 15) is 10.1 Å². The molecule has 0 aliphatic heterocycles. The van der Waals surface area contributed by atoms with Crippen molar-refractivity contribution in [1.82, 2.24) is 0 Å². The number of rotatable bonds is 3. The number of non-ortho nitro benzene ring substituents is 1. The second kappa shape index (κ2) is 6.44. The van der Waals surface area contributed by atoms with Crippen molar-refractivity contribution >= 4 is 39.4 Å². The zero-order valence-electron chi connectivity index (χ0n) is 12.2. The SMILES string of the molecule is N#Cc1cc([N+](=O)[O-])ccc1N=Nc1ccc(Cl)c2ccccc12. The van der Waals surface area contributed by atoms with Crippen LogP contribution in [0.3, 0.4) is 0 Å². The Kier molecular flexibility index (Phi) is 4.18. The molecule has 0 bridgehead atoms. The Morgan fingerprint density at radius 2 is 1.67 bits per heavy atom. The zero-order valence-corrected chi connectivity index (χ0v) is 12.9. The molecule has 7 heteroatoms. The normalized spacial score (nSPS) is 10.8. The first-order chi connectivity index (χ1) is 11.6. The minimum absolute atomic E-state index is 0.0891. The summed E-state index contributed by atoms with van der Waals surface area (Å²) < 4.78 is 0. The Morgan fingerprint density at radius 3 is 2.38 bits per heavy atom. The lowest BCUT2D eigenvalue weighted by Gasteiger charge is -2.03. The minimum atomic E-state index is -0.561. The largest absolute Gasteiger partial charge is 0.270 e. The van der Waals surface area contributed by atoms with Gasteiger partial charge in [0.1, 0.15) is 11.8 Å². The molecule has 0 aromatic heterocycles. The second-order valence-corrected chi connectivity index (χ2v) is 5.29. The molecular formula is C17H9ClN4O2. The van der Waals surface area contributed by atoms with Crippen LogP contribution in [-0.4, -0.2) is 4.92 Å². The van der Waals surface area contributed by atoms with Crippen molar-refractivity contribution < 1.29 is 4.92 Å². The molecule has 24 heavy (non-hydrogen) atoms. The summed E-state index contributed by atoms with van der Waals surface area (Å²) in [5.74, 6) is 0. The number of nitriles is 1. The van der Waals surface area contributed by atoms with E-state index >= 15 is 0 Å². The maximum atomic E-state index is 10.8. The summed E-state index contributed by atoms with van der Waals surface area (Å²) in [5.41, 5.74) is 0.785. The first-order valence-electron chi connectivity index (χ1n) is 6.87. The van der Waals surface area contributed by atoms with Gasteiger partial charge in [0.2, 0.25) is 0 Å². The van der Waals surface area contributed by atoms with E-state index in [1.165, 1.54) is 18.2 Å². The molecule has 3 aromatic rings. The molecule has 0 saturated carbocycles. The summed E-state index contributed by atoms with van der Waals surface area (Å²) in [6, 6.07) is 16.7. The third-order valence-corrected chi connectivity index (χ3v) is 3.75. The Labute approximate surface area is 141 Å². The lowest BCUT2D eigenvalue weighted by Crippen LogP contribution is -1.88. The Bertz CT molecular complexity index is 1020. The molecule has 0 unspecified atom stereocenters. The molecule has 0 saturated heterocycles. The Balaban J connectivity index is 2.05. The number of hydrogen-bond acceptors (Lipinski definition) is 5. The second-order valence-electron chi connectivity index (χ2n) is 4.88. The molecule has 6 nitrogen and oxygen atoms in total. The molecule has 3 aromatic carbocycles. The van der Waals surface area contributed by atoms with Gasteiger partial charge in [0.15, 0.2) is 0 Å². The van der Waals surface area contributed by atoms with Crippen molar-refractivity contribution in [2.75, 3.05) is 0 Å². The van der Waals surface area contributed by atoms with Gasteiger partial charge in [-0.25, -0.2) is 0 Å². The van der Waals surface area contributed by atoms with E-state index in [1.54, 1.807) is 12.1 Å². The molecular weight excluding hydrogens is 328 g/mol. The molecule has 116 valence electrons. The highest BCUT2D eigenvalue weighted by atomic mass is 35.5. The molecule has 0 spiro atoms. The van der Waals surface area contributed by atoms with Gasteiger partial charge in [-0.05, 0) is 18.2 Å². The quantitative estimate of drug-likeness (QED) is 0.349. The van der Waals surface area contributed by atoms with Crippen LogP contribution in [0.1, 0.15) is 5.56 Å². The standard InChI is InChI=1S/C17H9ClN4O2/c18-15-6-8-17(14-4-2-1-3-13(14)15)21-20-16-7-5-12(22(23)24)9-11(16)10-19/h1-9H. The van der Waals surface area contributed by atoms with E-state index in [-0.39, 0.29) is 16.9 Å². The van der Waals surface area contributed by atoms with Crippen LogP contribution in [0.5, 0.6) is 0 Å². The first-order valence-corrected chi connectivity index (χ1v) is 7.25. The van der Waals surface area contributed by atoms with Crippen LogP contribution in [0.4, 0.5) is 17.1 Å². The van der Waals surface area contributed by atoms with E-state index in [0.29, 0.717) is 10.7 Å². The van der Waals surface area contributed by atoms with Crippen molar-refractivity contribution in [3.63, 3.8) is 0 Å². The van der Waals surface area contributed by atoms with Gasteiger partial charge in [-0.2, -0.15) is 5.26 Å². The highest BCUT2D eigenvalue weighted by Gasteiger charge is 2.10. The Morgan fingerprint density at radius 1 is 1.00 bits per heavy atom. The van der Waals surface area contributed by atoms with E-state index < -0.39 is 4.92 Å². The van der Waals surface area contributed by atoms with E-state index in [2.05, 4.69) is 10.2 Å². The highest BCUT2D eigenvalue weighted by Crippen LogP contribution is 2.33. The molecule has 0 atom stereocenters. The van der Waals surface area contributed by atoms with Crippen LogP contribution < -0.4 is 0 Å². The third kappa shape index (κ3) is 2.93. The van der Waals surface area contributed by atoms with Gasteiger partial charge in [-0.1, -0.05) is 35.9 Å². The van der Waals surface area contributed by atoms with Crippen molar-refractivity contribution in [3.8, 4) is 6.07 Å². The summed E-state index contributed by atoms with van der Waals surface area (Å²) in [5, 5.41) is 30.4. The number of benzene rings is 3. The maximum absolute atomic E-state index is 10.8. The average molecular weight is 337 g/mol. The van der Waals surface area contributed by atoms with Crippen molar-refractivity contribution in [2.24, 2.45) is 10.2 Å². The zero-order chi connectivity index (χ0) is 17.1. The third-order valence-electron chi connectivity index (χ3n) is 3.42. The van der Waals surface area contributed by atoms with Crippen molar-refractivity contribution in [2.45, 2.75) is 0 Å². The van der Waals surface area contributed by atoms with E-state index in [1.807, 2.05) is 30.3 Å². The van der Waals surface area contributed by atoms with Crippen LogP contribution >= 0.6 is 11.6 Å². The molecule has 3 rings (SSSR count). The molecule has 0 N–H and O–H groups in total. The van der Waals surface area contributed by atoms with Gasteiger partial charge >= 0.3 is 0 Å². The van der Waals surface area contributed by atoms with Gasteiger partial charge in [-0.3, -0.25) is 10.1 Å². The Hall–Kier alpha value is -3.30. The van der Waals surface area contributed by atoms with Gasteiger partial charge < -0.3 is 0 Å². The van der Waals surface area contributed by atoms with Crippen molar-refractivity contribution in [3.05, 3.63) is 75.3 Å². The smallest absolute Gasteiger partial charge is 0.258 e. The maximum Gasteiger partial charge on any atom is 0.270 e. The number of nitro benzene ring substituents is 1. The predicted octanol–water partition coefficient (Wildman–Crippen LogP) is 5.69. The number of fused-ring (bicyclic) bond motifs is 1. The fourth-order valence-electron chi connectivity index (χ4n) is 2.26. The lowest BCUT2D eigenvalue weighted by molar-refractivity contribution is -0.384. The summed E-state index contributed by atoms with van der Waals surface area (Å²) in [4.78, 5) is 10.2. The minimum Gasteiger partial charge on any atom is -0.258 e. The summed E-state index contributed by atoms with van der Waals surface area (Å²) in [6.07, 6.45) is 0. The first kappa shape index (κ1) is 15.6. The summed E-state index contributed by atoms with van der Waals surface area (Å²) >= 11 is 6.16. The highest BCUT2D eigenvalue weighted by molar-refractivity contribution is 6.36. The summed E-state index contributed by atoms with van der Waals surface area (Å²) in [6.45, 7) is 0. The van der Waals surface area contributed by atoms with Gasteiger partial charge in [0, 0.05) is 27.9 Å². The van der Waals surface area contributed by atoms with Gasteiger partial charge in [0.25, 0.3) is 5.69 Å². The predicted molar refractivity (Wildman–Crippen MR) is 90.9 cm³/mol. The molecule has 0 heterocycles. The average Bonchev–Trinajstić information content (AvgIpc) is 2.61. The fraction of sp³-hybridized carbons (Fsp3) is 0. The number of halogens is 1. The number of azo groups is 1. The number of nitro groups is 1. The topological polar surface area (TPSA) is 91.6 Å². The summed E-state index contributed by atoms with van der Waals surface area (Å²) in [7, 11) is 0. The van der Waals surface area contributed by atoms with Crippen LogP contribution in [0.25, 0.3) is 10.8 Å². The van der Waals surface area contributed by atoms with E-state index in [0.717, 1.165) is 10.8 Å². The van der Waals surface area contributed by atoms with Gasteiger partial charge in [0.05, 0.1) is 16.2 Å². The van der Waals surface area contributed by atoms with Crippen LogP contribution in [-0.2, 0) is 0 Å². The van der Waals surface area contributed by atoms with E-state index in [4.69, 9.17) is 16.9 Å². The number of hydrogen-bond donors (Lipinski definition) is 0. The molecule has 0 amide bonds. The fourth-order valence-corrected chi connectivity index (χ4v) is 2.48.